The molecule has 0 heterocycles. The Kier molecular flexibility index (Phi) is 4.19. The van der Waals surface area contributed by atoms with Crippen LogP contribution in [0, 0.1) is 0 Å². The quantitative estimate of drug-likeness (QED) is 0.288. The second-order valence-corrected chi connectivity index (χ2v) is 0.903. The van der Waals surface area contributed by atoms with Crippen molar-refractivity contribution in [2.75, 3.05) is 6.54 Å². The van der Waals surface area contributed by atoms with E-state index in [2.05, 4.69) is 29.0 Å². The Labute approximate surface area is 42.4 Å². The van der Waals surface area contributed by atoms with Gasteiger partial charge < -0.3 is 0 Å². The van der Waals surface area contributed by atoms with E-state index in [-0.39, 0.29) is 0 Å². The van der Waals surface area contributed by atoms with Gasteiger partial charge in [-0.2, -0.15) is 0 Å². The lowest BCUT2D eigenvalue weighted by Gasteiger charge is -1.65. The Morgan fingerprint density at radius 1 is 2.00 bits per heavy atom. The average Bonchev–Trinajstić information content (AvgIpc) is 1.61. The molecule has 0 aromatic carbocycles. The first kappa shape index (κ1) is 5.54. The van der Waals surface area contributed by atoms with Crippen LogP contribution in [0.25, 0.3) is 0 Å². The largest absolute Gasteiger partial charge is 0.228 e. The van der Waals surface area contributed by atoms with Gasteiger partial charge in [-0.1, -0.05) is 6.08 Å². The predicted octanol–water partition coefficient (Wildman–Crippen LogP) is 1.28. The molecule has 0 aromatic rings. The second-order valence-electron chi connectivity index (χ2n) is 0.721. The minimum Gasteiger partial charge on any atom is -0.228 e. The molecule has 0 saturated carbocycles. The third-order valence-electron chi connectivity index (χ3n) is 0.285. The fourth-order valence-electron chi connectivity index (χ4n) is 0.102. The van der Waals surface area contributed by atoms with Gasteiger partial charge in [0.1, 0.15) is 0 Å². The normalized spacial score (nSPS) is 6.00. The maximum absolute atomic E-state index is 4.25. The SMILES string of the molecule is C=CCN=C=S. The predicted molar refractivity (Wildman–Crippen MR) is 30.1 cm³/mol. The van der Waals surface area contributed by atoms with Crippen LogP contribution in [0.3, 0.4) is 0 Å². The summed E-state index contributed by atoms with van der Waals surface area (Å²) in [4.78, 5) is 3.54. The second kappa shape index (κ2) is 4.54. The lowest BCUT2D eigenvalue weighted by atomic mass is 10.7. The molecule has 0 aromatic heterocycles. The Morgan fingerprint density at radius 3 is 2.83 bits per heavy atom. The highest BCUT2D eigenvalue weighted by Crippen LogP contribution is 1.62. The number of aliphatic imine (C=N–C) groups is 1. The van der Waals surface area contributed by atoms with Gasteiger partial charge in [-0.3, -0.25) is 0 Å². The Bertz CT molecular complexity index is 81.5. The van der Waals surface area contributed by atoms with Crippen LogP contribution in [0.2, 0.25) is 0 Å². The van der Waals surface area contributed by atoms with Gasteiger partial charge in [0.05, 0.1) is 11.7 Å². The molecule has 0 spiro atoms. The topological polar surface area (TPSA) is 12.4 Å². The molecule has 0 radical (unpaired) electrons. The van der Waals surface area contributed by atoms with Gasteiger partial charge >= 0.3 is 0 Å². The summed E-state index contributed by atoms with van der Waals surface area (Å²) in [5, 5.41) is 2.21. The molecule has 0 aliphatic carbocycles. The summed E-state index contributed by atoms with van der Waals surface area (Å²) < 4.78 is 0. The van der Waals surface area contributed by atoms with E-state index in [4.69, 9.17) is 0 Å². The number of hydrogen-bond acceptors (Lipinski definition) is 2. The van der Waals surface area contributed by atoms with E-state index in [9.17, 15) is 0 Å². The molecule has 1 nitrogen and oxygen atoms in total. The van der Waals surface area contributed by atoms with Gasteiger partial charge in [0.25, 0.3) is 0 Å². The van der Waals surface area contributed by atoms with Crippen molar-refractivity contribution in [2.24, 2.45) is 4.99 Å². The van der Waals surface area contributed by atoms with Gasteiger partial charge in [0, 0.05) is 0 Å². The van der Waals surface area contributed by atoms with Crippen LogP contribution in [0.1, 0.15) is 0 Å². The molecule has 0 unspecified atom stereocenters. The Morgan fingerprint density at radius 2 is 2.67 bits per heavy atom. The maximum atomic E-state index is 4.25. The molecule has 0 amide bonds. The van der Waals surface area contributed by atoms with Gasteiger partial charge in [-0.15, -0.1) is 6.58 Å². The zero-order valence-electron chi connectivity index (χ0n) is 3.35. The molecule has 0 atom stereocenters. The maximum Gasteiger partial charge on any atom is 0.0671 e. The summed E-state index contributed by atoms with van der Waals surface area (Å²) >= 11 is 4.25. The molecule has 0 aliphatic rings. The van der Waals surface area contributed by atoms with Crippen LogP contribution < -0.4 is 0 Å². The van der Waals surface area contributed by atoms with E-state index in [1.807, 2.05) is 0 Å². The molecule has 32 valence electrons. The molecule has 0 fully saturated rings. The monoisotopic (exact) mass is 99.0 g/mol. The van der Waals surface area contributed by atoms with Crippen molar-refractivity contribution in [1.82, 2.24) is 0 Å². The van der Waals surface area contributed by atoms with Crippen molar-refractivity contribution in [3.63, 3.8) is 0 Å². The minimum atomic E-state index is 0.587. The van der Waals surface area contributed by atoms with Crippen molar-refractivity contribution in [3.8, 4) is 0 Å². The highest BCUT2D eigenvalue weighted by atomic mass is 32.1. The molecule has 0 bridgehead atoms. The smallest absolute Gasteiger partial charge is 0.0671 e. The van der Waals surface area contributed by atoms with E-state index in [1.54, 1.807) is 6.08 Å². The van der Waals surface area contributed by atoms with Crippen molar-refractivity contribution >= 4 is 17.4 Å². The molecule has 0 aliphatic heterocycles. The molecular weight excluding hydrogens is 94.1 g/mol. The van der Waals surface area contributed by atoms with E-state index in [0.717, 1.165) is 0 Å². The minimum absolute atomic E-state index is 0.587. The lowest BCUT2D eigenvalue weighted by molar-refractivity contribution is 1.27. The van der Waals surface area contributed by atoms with Crippen molar-refractivity contribution in [1.29, 1.82) is 0 Å². The van der Waals surface area contributed by atoms with Gasteiger partial charge in [-0.25, -0.2) is 4.99 Å². The fraction of sp³-hybridized carbons (Fsp3) is 0.250. The van der Waals surface area contributed by atoms with Crippen LogP contribution >= 0.6 is 12.2 Å². The number of rotatable bonds is 2. The van der Waals surface area contributed by atoms with Gasteiger partial charge in [0.15, 0.2) is 0 Å². The number of thiocarbonyl (C=S) groups is 1. The average molecular weight is 99.2 g/mol. The number of hydrogen-bond donors (Lipinski definition) is 0. The summed E-state index contributed by atoms with van der Waals surface area (Å²) in [7, 11) is 0. The van der Waals surface area contributed by atoms with Crippen LogP contribution in [-0.2, 0) is 0 Å². The molecular formula is C4H5NS. The molecule has 6 heavy (non-hydrogen) atoms. The zero-order valence-corrected chi connectivity index (χ0v) is 4.16. The van der Waals surface area contributed by atoms with Crippen LogP contribution in [-0.4, -0.2) is 11.7 Å². The highest BCUT2D eigenvalue weighted by molar-refractivity contribution is 7.78. The standard InChI is InChI=1S/C4H5NS/c1-2-3-5-4-6/h2H,1,3H2. The van der Waals surface area contributed by atoms with E-state index in [1.165, 1.54) is 0 Å². The fourth-order valence-corrected chi connectivity index (χ4v) is 0.176. The zero-order chi connectivity index (χ0) is 4.83. The Hall–Kier alpha value is -0.460. The van der Waals surface area contributed by atoms with E-state index in [0.29, 0.717) is 6.54 Å². The van der Waals surface area contributed by atoms with Crippen molar-refractivity contribution in [3.05, 3.63) is 12.7 Å². The van der Waals surface area contributed by atoms with Crippen LogP contribution in [0.5, 0.6) is 0 Å². The van der Waals surface area contributed by atoms with Gasteiger partial charge in [0.2, 0.25) is 0 Å². The third-order valence-corrected chi connectivity index (χ3v) is 0.414. The summed E-state index contributed by atoms with van der Waals surface area (Å²) in [5.74, 6) is 0. The van der Waals surface area contributed by atoms with E-state index < -0.39 is 0 Å². The molecule has 0 N–H and O–H groups in total. The molecule has 2 heteroatoms. The molecule has 0 saturated heterocycles. The number of nitrogens with zero attached hydrogens (tertiary/aromatic N) is 1. The van der Waals surface area contributed by atoms with E-state index >= 15 is 0 Å². The summed E-state index contributed by atoms with van der Waals surface area (Å²) in [6.07, 6.45) is 1.67. The first-order valence-electron chi connectivity index (χ1n) is 1.56. The van der Waals surface area contributed by atoms with Gasteiger partial charge in [-0.05, 0) is 12.2 Å². The van der Waals surface area contributed by atoms with Crippen LogP contribution in [0.15, 0.2) is 17.6 Å². The summed E-state index contributed by atoms with van der Waals surface area (Å²) in [6.45, 7) is 4.00. The summed E-state index contributed by atoms with van der Waals surface area (Å²) in [6, 6.07) is 0. The summed E-state index contributed by atoms with van der Waals surface area (Å²) in [5.41, 5.74) is 0. The first-order valence-corrected chi connectivity index (χ1v) is 1.97. The first-order chi connectivity index (χ1) is 2.91. The third kappa shape index (κ3) is 3.54. The van der Waals surface area contributed by atoms with Crippen LogP contribution in [0.4, 0.5) is 0 Å². The highest BCUT2D eigenvalue weighted by Gasteiger charge is 1.56. The van der Waals surface area contributed by atoms with Crippen molar-refractivity contribution in [2.45, 2.75) is 0 Å². The van der Waals surface area contributed by atoms with Crippen molar-refractivity contribution < 1.29 is 0 Å². The molecule has 0 rings (SSSR count). The Balaban J connectivity index is 3.07. The lowest BCUT2D eigenvalue weighted by Crippen LogP contribution is -1.61. The number of isothiocyanates is 1.